The van der Waals surface area contributed by atoms with Crippen molar-refractivity contribution in [2.45, 2.75) is 0 Å². The SMILES string of the molecule is COOSNc1ccccc1C1=NN(C)C(=O)C1=Cc1ccco1. The topological polar surface area (TPSA) is 76.3 Å². The highest BCUT2D eigenvalue weighted by molar-refractivity contribution is 7.95. The molecule has 2 aromatic rings. The molecular weight excluding hydrogens is 330 g/mol. The molecule has 0 saturated heterocycles. The molecule has 0 bridgehead atoms. The molecule has 0 spiro atoms. The van der Waals surface area contributed by atoms with E-state index < -0.39 is 0 Å². The molecule has 0 radical (unpaired) electrons. The molecule has 0 saturated carbocycles. The smallest absolute Gasteiger partial charge is 0.276 e. The molecule has 1 N–H and O–H groups in total. The maximum Gasteiger partial charge on any atom is 0.276 e. The Morgan fingerprint density at radius 1 is 1.29 bits per heavy atom. The number of carbonyl (C=O) groups excluding carboxylic acids is 1. The Hall–Kier alpha value is -2.55. The minimum Gasteiger partial charge on any atom is -0.465 e. The van der Waals surface area contributed by atoms with Gasteiger partial charge >= 0.3 is 0 Å². The predicted octanol–water partition coefficient (Wildman–Crippen LogP) is 3.09. The summed E-state index contributed by atoms with van der Waals surface area (Å²) in [6.45, 7) is 0. The van der Waals surface area contributed by atoms with Gasteiger partial charge in [0.1, 0.15) is 23.7 Å². The summed E-state index contributed by atoms with van der Waals surface area (Å²) in [6.07, 6.45) is 3.24. The Labute approximate surface area is 143 Å². The van der Waals surface area contributed by atoms with Crippen LogP contribution in [-0.4, -0.2) is 30.8 Å². The van der Waals surface area contributed by atoms with Gasteiger partial charge in [-0.2, -0.15) is 5.10 Å². The van der Waals surface area contributed by atoms with Crippen LogP contribution in [0.5, 0.6) is 0 Å². The van der Waals surface area contributed by atoms with Crippen LogP contribution in [0.3, 0.4) is 0 Å². The molecule has 24 heavy (non-hydrogen) atoms. The van der Waals surface area contributed by atoms with Crippen LogP contribution in [0.15, 0.2) is 57.8 Å². The van der Waals surface area contributed by atoms with Gasteiger partial charge < -0.3 is 9.14 Å². The summed E-state index contributed by atoms with van der Waals surface area (Å²) in [5, 5.41) is 5.67. The van der Waals surface area contributed by atoms with Crippen molar-refractivity contribution in [3.63, 3.8) is 0 Å². The number of furan rings is 1. The molecule has 0 aliphatic carbocycles. The monoisotopic (exact) mass is 345 g/mol. The van der Waals surface area contributed by atoms with Gasteiger partial charge in [0.2, 0.25) is 0 Å². The van der Waals surface area contributed by atoms with Gasteiger partial charge in [-0.25, -0.2) is 9.90 Å². The highest BCUT2D eigenvalue weighted by Gasteiger charge is 2.30. The summed E-state index contributed by atoms with van der Waals surface area (Å²) >= 11 is 0.924. The number of likely N-dealkylation sites (N-methyl/N-ethyl adjacent to an activating group) is 1. The van der Waals surface area contributed by atoms with Crippen molar-refractivity contribution in [1.29, 1.82) is 0 Å². The number of nitrogens with one attached hydrogen (secondary N) is 1. The van der Waals surface area contributed by atoms with Gasteiger partial charge in [-0.3, -0.25) is 4.79 Å². The Balaban J connectivity index is 1.98. The van der Waals surface area contributed by atoms with E-state index in [0.29, 0.717) is 17.0 Å². The number of hydrogen-bond acceptors (Lipinski definition) is 7. The zero-order valence-corrected chi connectivity index (χ0v) is 13.9. The fraction of sp³-hybridized carbons (Fsp3) is 0.125. The van der Waals surface area contributed by atoms with E-state index in [0.717, 1.165) is 23.5 Å². The zero-order valence-electron chi connectivity index (χ0n) is 13.1. The van der Waals surface area contributed by atoms with Gasteiger partial charge in [-0.15, -0.1) is 4.33 Å². The van der Waals surface area contributed by atoms with Crippen LogP contribution >= 0.6 is 12.2 Å². The lowest BCUT2D eigenvalue weighted by molar-refractivity contribution is -0.159. The van der Waals surface area contributed by atoms with E-state index in [1.165, 1.54) is 12.1 Å². The number of hydrogen-bond donors (Lipinski definition) is 1. The van der Waals surface area contributed by atoms with E-state index in [-0.39, 0.29) is 5.91 Å². The third kappa shape index (κ3) is 3.35. The molecular formula is C16H15N3O4S. The van der Waals surface area contributed by atoms with E-state index >= 15 is 0 Å². The molecule has 1 amide bonds. The van der Waals surface area contributed by atoms with E-state index in [1.54, 1.807) is 31.5 Å². The number of anilines is 1. The van der Waals surface area contributed by atoms with Gasteiger partial charge in [0.05, 0.1) is 24.6 Å². The molecule has 7 nitrogen and oxygen atoms in total. The zero-order chi connectivity index (χ0) is 16.9. The van der Waals surface area contributed by atoms with Crippen LogP contribution in [0.25, 0.3) is 6.08 Å². The van der Waals surface area contributed by atoms with Crippen molar-refractivity contribution in [1.82, 2.24) is 5.01 Å². The second-order valence-electron chi connectivity index (χ2n) is 4.82. The molecule has 0 atom stereocenters. The molecule has 8 heteroatoms. The Kier molecular flexibility index (Phi) is 4.99. The fourth-order valence-electron chi connectivity index (χ4n) is 2.24. The number of carbonyl (C=O) groups is 1. The summed E-state index contributed by atoms with van der Waals surface area (Å²) in [4.78, 5) is 17.0. The summed E-state index contributed by atoms with van der Waals surface area (Å²) in [5.41, 5.74) is 2.52. The van der Waals surface area contributed by atoms with Crippen molar-refractivity contribution in [3.8, 4) is 0 Å². The highest BCUT2D eigenvalue weighted by Crippen LogP contribution is 2.28. The summed E-state index contributed by atoms with van der Waals surface area (Å²) in [6, 6.07) is 11.0. The molecule has 0 fully saturated rings. The first-order valence-electron chi connectivity index (χ1n) is 7.04. The largest absolute Gasteiger partial charge is 0.465 e. The molecule has 0 unspecified atom stereocenters. The van der Waals surface area contributed by atoms with Crippen molar-refractivity contribution in [2.75, 3.05) is 18.9 Å². The van der Waals surface area contributed by atoms with Crippen molar-refractivity contribution in [3.05, 3.63) is 59.6 Å². The maximum atomic E-state index is 12.4. The molecule has 3 rings (SSSR count). The minimum absolute atomic E-state index is 0.197. The van der Waals surface area contributed by atoms with E-state index in [2.05, 4.69) is 14.7 Å². The normalized spacial score (nSPS) is 15.9. The Bertz CT molecular complexity index is 786. The van der Waals surface area contributed by atoms with Crippen molar-refractivity contribution >= 4 is 35.6 Å². The summed E-state index contributed by atoms with van der Waals surface area (Å²) in [7, 11) is 3.03. The van der Waals surface area contributed by atoms with E-state index in [4.69, 9.17) is 8.75 Å². The summed E-state index contributed by atoms with van der Waals surface area (Å²) < 4.78 is 13.1. The first kappa shape index (κ1) is 16.3. The number of para-hydroxylation sites is 1. The molecule has 1 aliphatic rings. The van der Waals surface area contributed by atoms with Crippen molar-refractivity contribution < 1.29 is 18.4 Å². The van der Waals surface area contributed by atoms with Gasteiger partial charge in [0.25, 0.3) is 5.91 Å². The van der Waals surface area contributed by atoms with Crippen LogP contribution in [0.2, 0.25) is 0 Å². The third-order valence-electron chi connectivity index (χ3n) is 3.30. The van der Waals surface area contributed by atoms with Gasteiger partial charge in [-0.05, 0) is 24.3 Å². The lowest BCUT2D eigenvalue weighted by Crippen LogP contribution is -2.17. The van der Waals surface area contributed by atoms with Crippen LogP contribution in [0, 0.1) is 0 Å². The number of nitrogens with zero attached hydrogens (tertiary/aromatic N) is 2. The Morgan fingerprint density at radius 3 is 2.88 bits per heavy atom. The molecule has 2 heterocycles. The molecule has 124 valence electrons. The third-order valence-corrected chi connectivity index (χ3v) is 3.80. The van der Waals surface area contributed by atoms with Crippen LogP contribution in [0.1, 0.15) is 11.3 Å². The molecule has 1 aliphatic heterocycles. The summed E-state index contributed by atoms with van der Waals surface area (Å²) in [5.74, 6) is 0.390. The fourth-order valence-corrected chi connectivity index (χ4v) is 2.61. The predicted molar refractivity (Wildman–Crippen MR) is 91.7 cm³/mol. The quantitative estimate of drug-likeness (QED) is 0.216. The lowest BCUT2D eigenvalue weighted by Gasteiger charge is -2.09. The molecule has 1 aromatic heterocycles. The second-order valence-corrected chi connectivity index (χ2v) is 5.32. The van der Waals surface area contributed by atoms with E-state index in [9.17, 15) is 4.79 Å². The minimum atomic E-state index is -0.197. The van der Waals surface area contributed by atoms with Crippen LogP contribution < -0.4 is 4.72 Å². The highest BCUT2D eigenvalue weighted by atomic mass is 32.2. The maximum absolute atomic E-state index is 12.4. The van der Waals surface area contributed by atoms with Gasteiger partial charge in [0.15, 0.2) is 0 Å². The average molecular weight is 345 g/mol. The second kappa shape index (κ2) is 7.35. The van der Waals surface area contributed by atoms with Gasteiger partial charge in [-0.1, -0.05) is 18.2 Å². The molecule has 1 aromatic carbocycles. The number of amides is 1. The van der Waals surface area contributed by atoms with E-state index in [1.807, 2.05) is 24.3 Å². The average Bonchev–Trinajstić information content (AvgIpc) is 3.20. The van der Waals surface area contributed by atoms with Crippen LogP contribution in [-0.2, 0) is 14.0 Å². The number of rotatable bonds is 6. The first-order valence-corrected chi connectivity index (χ1v) is 7.79. The standard InChI is InChI=1S/C16H15N3O4S/c1-19-16(20)13(10-11-6-5-9-22-11)15(17-19)12-7-3-4-8-14(12)18-24-23-21-2/h3-10,18H,1-2H3. The number of hydrazone groups is 1. The first-order chi connectivity index (χ1) is 11.7. The number of benzene rings is 1. The Morgan fingerprint density at radius 2 is 2.12 bits per heavy atom. The van der Waals surface area contributed by atoms with Crippen LogP contribution in [0.4, 0.5) is 5.69 Å². The van der Waals surface area contributed by atoms with Gasteiger partial charge in [0, 0.05) is 12.6 Å². The lowest BCUT2D eigenvalue weighted by atomic mass is 10.0. The van der Waals surface area contributed by atoms with Crippen molar-refractivity contribution in [2.24, 2.45) is 5.10 Å².